The fourth-order valence-corrected chi connectivity index (χ4v) is 5.23. The molecule has 2 aliphatic heterocycles. The van der Waals surface area contributed by atoms with Crippen molar-refractivity contribution >= 4 is 17.7 Å². The molecule has 0 bridgehead atoms. The van der Waals surface area contributed by atoms with E-state index in [1.54, 1.807) is 19.5 Å². The number of aromatic nitrogens is 1. The Morgan fingerprint density at radius 2 is 1.82 bits per heavy atom. The number of likely N-dealkylation sites (tertiary alicyclic amines) is 2. The van der Waals surface area contributed by atoms with Crippen LogP contribution in [0.3, 0.4) is 0 Å². The highest BCUT2D eigenvalue weighted by molar-refractivity contribution is 6.11. The summed E-state index contributed by atoms with van der Waals surface area (Å²) >= 11 is 0. The molecule has 0 aliphatic carbocycles. The lowest BCUT2D eigenvalue weighted by Gasteiger charge is -2.35. The molecule has 33 heavy (non-hydrogen) atoms. The number of pyridine rings is 1. The first-order valence-corrected chi connectivity index (χ1v) is 11.5. The lowest BCUT2D eigenvalue weighted by atomic mass is 9.73. The molecule has 1 atom stereocenters. The van der Waals surface area contributed by atoms with Crippen LogP contribution in [0.15, 0.2) is 48.8 Å². The maximum atomic E-state index is 13.6. The van der Waals surface area contributed by atoms with Gasteiger partial charge in [-0.3, -0.25) is 24.3 Å². The van der Waals surface area contributed by atoms with Crippen molar-refractivity contribution in [3.8, 4) is 0 Å². The number of amides is 3. The lowest BCUT2D eigenvalue weighted by Crippen LogP contribution is -2.46. The Morgan fingerprint density at radius 3 is 2.48 bits per heavy atom. The van der Waals surface area contributed by atoms with Crippen molar-refractivity contribution in [2.75, 3.05) is 33.4 Å². The van der Waals surface area contributed by atoms with E-state index in [0.717, 1.165) is 24.0 Å². The van der Waals surface area contributed by atoms with Crippen LogP contribution in [-0.4, -0.2) is 65.9 Å². The first kappa shape index (κ1) is 23.1. The zero-order valence-electron chi connectivity index (χ0n) is 19.3. The van der Waals surface area contributed by atoms with Crippen LogP contribution >= 0.6 is 0 Å². The minimum Gasteiger partial charge on any atom is -0.383 e. The van der Waals surface area contributed by atoms with Gasteiger partial charge in [0.15, 0.2) is 0 Å². The van der Waals surface area contributed by atoms with Crippen LogP contribution in [0.4, 0.5) is 0 Å². The highest BCUT2D eigenvalue weighted by atomic mass is 16.5. The Hall–Kier alpha value is -3.06. The summed E-state index contributed by atoms with van der Waals surface area (Å²) in [5, 5.41) is 0. The van der Waals surface area contributed by atoms with Gasteiger partial charge in [-0.1, -0.05) is 24.3 Å². The molecule has 0 radical (unpaired) electrons. The molecular formula is C26H31N3O4. The van der Waals surface area contributed by atoms with Crippen molar-refractivity contribution in [3.05, 3.63) is 65.5 Å². The average Bonchev–Trinajstić information content (AvgIpc) is 3.07. The maximum Gasteiger partial charge on any atom is 0.240 e. The summed E-state index contributed by atoms with van der Waals surface area (Å²) in [6, 6.07) is 11.6. The fourth-order valence-electron chi connectivity index (χ4n) is 5.23. The van der Waals surface area contributed by atoms with Gasteiger partial charge < -0.3 is 9.64 Å². The van der Waals surface area contributed by atoms with Crippen LogP contribution in [0.25, 0.3) is 0 Å². The maximum absolute atomic E-state index is 13.6. The van der Waals surface area contributed by atoms with E-state index in [9.17, 15) is 14.4 Å². The molecule has 2 aromatic rings. The number of rotatable bonds is 7. The molecular weight excluding hydrogens is 418 g/mol. The quantitative estimate of drug-likeness (QED) is 0.608. The molecule has 7 heteroatoms. The van der Waals surface area contributed by atoms with Crippen molar-refractivity contribution in [3.63, 3.8) is 0 Å². The van der Waals surface area contributed by atoms with Gasteiger partial charge in [-0.2, -0.15) is 0 Å². The first-order chi connectivity index (χ1) is 16.0. The van der Waals surface area contributed by atoms with Crippen molar-refractivity contribution in [1.29, 1.82) is 0 Å². The average molecular weight is 450 g/mol. The number of benzene rings is 1. The summed E-state index contributed by atoms with van der Waals surface area (Å²) in [6.45, 7) is 3.69. The number of hydrogen-bond acceptors (Lipinski definition) is 5. The molecule has 0 spiro atoms. The van der Waals surface area contributed by atoms with Gasteiger partial charge in [-0.15, -0.1) is 0 Å². The van der Waals surface area contributed by atoms with Crippen molar-refractivity contribution in [1.82, 2.24) is 14.8 Å². The van der Waals surface area contributed by atoms with E-state index in [1.807, 2.05) is 48.2 Å². The molecule has 1 aromatic heterocycles. The van der Waals surface area contributed by atoms with E-state index in [-0.39, 0.29) is 43.7 Å². The standard InChI is InChI=1S/C26H31N3O4/c1-19-5-3-4-6-22(19)26(18-24(31)29(25(26)32)15-16-33-2)17-23(30)28-13-9-21(10-14-28)20-7-11-27-12-8-20/h3-8,11-12,21H,9-10,13-18H2,1-2H3. The smallest absolute Gasteiger partial charge is 0.240 e. The third-order valence-corrected chi connectivity index (χ3v) is 7.07. The third kappa shape index (κ3) is 4.55. The van der Waals surface area contributed by atoms with E-state index < -0.39 is 5.41 Å². The number of hydrogen-bond donors (Lipinski definition) is 0. The summed E-state index contributed by atoms with van der Waals surface area (Å²) in [5.74, 6) is -0.203. The highest BCUT2D eigenvalue weighted by Crippen LogP contribution is 2.42. The SMILES string of the molecule is COCCN1C(=O)CC(CC(=O)N2CCC(c3ccncc3)CC2)(c2ccccc2C)C1=O. The largest absolute Gasteiger partial charge is 0.383 e. The van der Waals surface area contributed by atoms with Gasteiger partial charge in [0.25, 0.3) is 0 Å². The monoisotopic (exact) mass is 449 g/mol. The number of piperidine rings is 1. The summed E-state index contributed by atoms with van der Waals surface area (Å²) in [7, 11) is 1.54. The van der Waals surface area contributed by atoms with E-state index in [2.05, 4.69) is 4.98 Å². The normalized spacial score (nSPS) is 21.6. The molecule has 4 rings (SSSR count). The summed E-state index contributed by atoms with van der Waals surface area (Å²) < 4.78 is 5.10. The molecule has 3 heterocycles. The highest BCUT2D eigenvalue weighted by Gasteiger charge is 2.54. The molecule has 1 aromatic carbocycles. The molecule has 0 saturated carbocycles. The van der Waals surface area contributed by atoms with Crippen LogP contribution in [0.1, 0.15) is 48.3 Å². The van der Waals surface area contributed by atoms with Crippen molar-refractivity contribution in [2.24, 2.45) is 0 Å². The number of aryl methyl sites for hydroxylation is 1. The predicted octanol–water partition coefficient (Wildman–Crippen LogP) is 2.83. The molecule has 1 unspecified atom stereocenters. The molecule has 2 fully saturated rings. The fraction of sp³-hybridized carbons (Fsp3) is 0.462. The number of carbonyl (C=O) groups is 3. The molecule has 3 amide bonds. The van der Waals surface area contributed by atoms with Crippen LogP contribution in [0.2, 0.25) is 0 Å². The number of imide groups is 1. The Balaban J connectivity index is 1.54. The molecule has 2 aliphatic rings. The molecule has 174 valence electrons. The van der Waals surface area contributed by atoms with Crippen molar-refractivity contribution < 1.29 is 19.1 Å². The predicted molar refractivity (Wildman–Crippen MR) is 123 cm³/mol. The Bertz CT molecular complexity index is 1020. The third-order valence-electron chi connectivity index (χ3n) is 7.07. The van der Waals surface area contributed by atoms with E-state index >= 15 is 0 Å². The van der Waals surface area contributed by atoms with Gasteiger partial charge in [-0.25, -0.2) is 0 Å². The number of ether oxygens (including phenoxy) is 1. The van der Waals surface area contributed by atoms with Crippen molar-refractivity contribution in [2.45, 2.75) is 43.9 Å². The topological polar surface area (TPSA) is 79.8 Å². The first-order valence-electron chi connectivity index (χ1n) is 11.5. The number of nitrogens with zero attached hydrogens (tertiary/aromatic N) is 3. The second-order valence-corrected chi connectivity index (χ2v) is 9.03. The molecule has 2 saturated heterocycles. The van der Waals surface area contributed by atoms with Gasteiger partial charge >= 0.3 is 0 Å². The lowest BCUT2D eigenvalue weighted by molar-refractivity contribution is -0.143. The van der Waals surface area contributed by atoms with E-state index in [1.165, 1.54) is 10.5 Å². The Labute approximate surface area is 194 Å². The summed E-state index contributed by atoms with van der Waals surface area (Å²) in [5.41, 5.74) is 1.77. The van der Waals surface area contributed by atoms with Gasteiger partial charge in [-0.05, 0) is 54.5 Å². The zero-order chi connectivity index (χ0) is 23.4. The van der Waals surface area contributed by atoms with Crippen LogP contribution in [-0.2, 0) is 24.5 Å². The minimum absolute atomic E-state index is 0.00579. The van der Waals surface area contributed by atoms with Gasteiger partial charge in [0.05, 0.1) is 18.6 Å². The summed E-state index contributed by atoms with van der Waals surface area (Å²) in [6.07, 6.45) is 5.37. The number of carbonyl (C=O) groups excluding carboxylic acids is 3. The number of methoxy groups -OCH3 is 1. The second-order valence-electron chi connectivity index (χ2n) is 9.03. The minimum atomic E-state index is -1.16. The zero-order valence-corrected chi connectivity index (χ0v) is 19.3. The van der Waals surface area contributed by atoms with Gasteiger partial charge in [0.1, 0.15) is 0 Å². The van der Waals surface area contributed by atoms with Gasteiger partial charge in [0.2, 0.25) is 17.7 Å². The van der Waals surface area contributed by atoms with E-state index in [0.29, 0.717) is 19.0 Å². The Morgan fingerprint density at radius 1 is 1.12 bits per heavy atom. The molecule has 7 nitrogen and oxygen atoms in total. The van der Waals surface area contributed by atoms with Crippen LogP contribution in [0, 0.1) is 6.92 Å². The summed E-state index contributed by atoms with van der Waals surface area (Å²) in [4.78, 5) is 47.2. The molecule has 0 N–H and O–H groups in total. The van der Waals surface area contributed by atoms with E-state index in [4.69, 9.17) is 4.74 Å². The Kier molecular flexibility index (Phi) is 6.88. The second kappa shape index (κ2) is 9.83. The van der Waals surface area contributed by atoms with Crippen LogP contribution in [0.5, 0.6) is 0 Å². The van der Waals surface area contributed by atoms with Crippen LogP contribution < -0.4 is 0 Å². The van der Waals surface area contributed by atoms with Gasteiger partial charge in [0, 0.05) is 45.4 Å².